The predicted molar refractivity (Wildman–Crippen MR) is 114 cm³/mol. The maximum atomic E-state index is 13.1. The molecule has 0 saturated heterocycles. The van der Waals surface area contributed by atoms with Crippen molar-refractivity contribution in [3.05, 3.63) is 87.7 Å². The molecule has 2 aromatic carbocycles. The molecule has 1 N–H and O–H groups in total. The Balaban J connectivity index is 1.72. The summed E-state index contributed by atoms with van der Waals surface area (Å²) in [5.74, 6) is 0.240. The van der Waals surface area contributed by atoms with Gasteiger partial charge in [-0.25, -0.2) is 4.98 Å². The van der Waals surface area contributed by atoms with Gasteiger partial charge in [-0.15, -0.1) is 11.3 Å². The number of methoxy groups -OCH3 is 1. The number of fused-ring (bicyclic) bond motifs is 1. The van der Waals surface area contributed by atoms with Gasteiger partial charge in [-0.05, 0) is 24.6 Å². The van der Waals surface area contributed by atoms with Crippen LogP contribution in [0.1, 0.15) is 28.9 Å². The Labute approximate surface area is 171 Å². The van der Waals surface area contributed by atoms with E-state index in [1.165, 1.54) is 21.9 Å². The summed E-state index contributed by atoms with van der Waals surface area (Å²) in [6.45, 7) is 1.88. The minimum atomic E-state index is -0.448. The molecular formula is C22H19N3O3S. The van der Waals surface area contributed by atoms with Gasteiger partial charge in [-0.3, -0.25) is 14.0 Å². The second kappa shape index (κ2) is 7.89. The maximum absolute atomic E-state index is 13.1. The Morgan fingerprint density at radius 1 is 1.17 bits per heavy atom. The third kappa shape index (κ3) is 3.64. The molecule has 0 fully saturated rings. The highest BCUT2D eigenvalue weighted by molar-refractivity contribution is 7.15. The van der Waals surface area contributed by atoms with E-state index in [1.807, 2.05) is 66.9 Å². The van der Waals surface area contributed by atoms with Gasteiger partial charge in [0.05, 0.1) is 18.8 Å². The fourth-order valence-corrected chi connectivity index (χ4v) is 3.99. The molecular weight excluding hydrogens is 386 g/mol. The van der Waals surface area contributed by atoms with Gasteiger partial charge < -0.3 is 10.1 Å². The van der Waals surface area contributed by atoms with Crippen LogP contribution >= 0.6 is 11.3 Å². The number of hydrogen-bond donors (Lipinski definition) is 1. The number of benzene rings is 2. The van der Waals surface area contributed by atoms with Crippen molar-refractivity contribution in [1.82, 2.24) is 14.7 Å². The molecule has 0 aliphatic carbocycles. The van der Waals surface area contributed by atoms with Crippen molar-refractivity contribution in [3.63, 3.8) is 0 Å². The number of thiazole rings is 1. The number of nitrogens with one attached hydrogen (secondary N) is 1. The molecule has 7 heteroatoms. The van der Waals surface area contributed by atoms with Crippen LogP contribution in [0.2, 0.25) is 0 Å². The molecule has 4 rings (SSSR count). The third-order valence-electron chi connectivity index (χ3n) is 4.70. The molecule has 146 valence electrons. The van der Waals surface area contributed by atoms with Crippen LogP contribution in [0.5, 0.6) is 5.75 Å². The molecule has 0 unspecified atom stereocenters. The van der Waals surface area contributed by atoms with Crippen LogP contribution in [-0.4, -0.2) is 22.4 Å². The number of aromatic nitrogens is 2. The first-order valence-corrected chi connectivity index (χ1v) is 9.96. The van der Waals surface area contributed by atoms with Crippen molar-refractivity contribution >= 4 is 22.2 Å². The van der Waals surface area contributed by atoms with E-state index in [9.17, 15) is 9.59 Å². The Morgan fingerprint density at radius 2 is 1.97 bits per heavy atom. The number of carbonyl (C=O) groups excluding carboxylic acids is 1. The Bertz CT molecular complexity index is 1230. The van der Waals surface area contributed by atoms with Gasteiger partial charge in [0.1, 0.15) is 11.3 Å². The molecule has 6 nitrogen and oxygen atoms in total. The second-order valence-corrected chi connectivity index (χ2v) is 7.39. The highest BCUT2D eigenvalue weighted by Gasteiger charge is 2.19. The monoisotopic (exact) mass is 405 g/mol. The Hall–Kier alpha value is -3.45. The van der Waals surface area contributed by atoms with E-state index in [2.05, 4.69) is 10.3 Å². The lowest BCUT2D eigenvalue weighted by atomic mass is 10.1. The van der Waals surface area contributed by atoms with Gasteiger partial charge in [0.25, 0.3) is 11.5 Å². The van der Waals surface area contributed by atoms with Crippen LogP contribution in [-0.2, 0) is 0 Å². The molecule has 0 saturated carbocycles. The number of hydrogen-bond acceptors (Lipinski definition) is 5. The Kier molecular flexibility index (Phi) is 5.14. The van der Waals surface area contributed by atoms with Crippen LogP contribution in [0.4, 0.5) is 0 Å². The van der Waals surface area contributed by atoms with Gasteiger partial charge in [0, 0.05) is 17.1 Å². The van der Waals surface area contributed by atoms with Gasteiger partial charge in [0.15, 0.2) is 4.96 Å². The number of nitrogens with zero attached hydrogens (tertiary/aromatic N) is 2. The van der Waals surface area contributed by atoms with Crippen LogP contribution in [0, 0.1) is 0 Å². The molecule has 1 amide bonds. The topological polar surface area (TPSA) is 72.7 Å². The molecule has 2 heterocycles. The number of carbonyl (C=O) groups is 1. The quantitative estimate of drug-likeness (QED) is 0.546. The van der Waals surface area contributed by atoms with Crippen molar-refractivity contribution in [2.75, 3.05) is 7.11 Å². The zero-order valence-electron chi connectivity index (χ0n) is 16.0. The van der Waals surface area contributed by atoms with Gasteiger partial charge in [-0.1, -0.05) is 42.5 Å². The average Bonchev–Trinajstić information content (AvgIpc) is 3.19. The lowest BCUT2D eigenvalue weighted by Gasteiger charge is -2.14. The fraction of sp³-hybridized carbons (Fsp3) is 0.136. The summed E-state index contributed by atoms with van der Waals surface area (Å²) in [4.78, 5) is 30.8. The summed E-state index contributed by atoms with van der Waals surface area (Å²) < 4.78 is 6.75. The van der Waals surface area contributed by atoms with Crippen LogP contribution in [0.3, 0.4) is 0 Å². The highest BCUT2D eigenvalue weighted by Crippen LogP contribution is 2.27. The third-order valence-corrected chi connectivity index (χ3v) is 5.54. The first kappa shape index (κ1) is 18.9. The van der Waals surface area contributed by atoms with Crippen LogP contribution in [0.15, 0.2) is 71.0 Å². The highest BCUT2D eigenvalue weighted by atomic mass is 32.1. The lowest BCUT2D eigenvalue weighted by molar-refractivity contribution is 0.0938. The first-order valence-electron chi connectivity index (χ1n) is 9.08. The smallest absolute Gasteiger partial charge is 0.271 e. The fourth-order valence-electron chi connectivity index (χ4n) is 3.13. The molecule has 0 aliphatic rings. The zero-order chi connectivity index (χ0) is 20.4. The Morgan fingerprint density at radius 3 is 2.72 bits per heavy atom. The molecule has 0 bridgehead atoms. The van der Waals surface area contributed by atoms with Gasteiger partial charge >= 0.3 is 0 Å². The zero-order valence-corrected chi connectivity index (χ0v) is 16.8. The molecule has 2 aromatic heterocycles. The first-order chi connectivity index (χ1) is 14.1. The average molecular weight is 405 g/mol. The number of amides is 1. The second-order valence-electron chi connectivity index (χ2n) is 6.55. The maximum Gasteiger partial charge on any atom is 0.271 e. The summed E-state index contributed by atoms with van der Waals surface area (Å²) >= 11 is 1.35. The molecule has 29 heavy (non-hydrogen) atoms. The van der Waals surface area contributed by atoms with Crippen molar-refractivity contribution in [3.8, 4) is 17.0 Å². The van der Waals surface area contributed by atoms with E-state index in [0.717, 1.165) is 11.1 Å². The van der Waals surface area contributed by atoms with Crippen molar-refractivity contribution in [2.45, 2.75) is 13.0 Å². The minimum absolute atomic E-state index is 0.00725. The van der Waals surface area contributed by atoms with E-state index in [1.54, 1.807) is 7.11 Å². The van der Waals surface area contributed by atoms with Gasteiger partial charge in [0.2, 0.25) is 0 Å². The number of rotatable bonds is 5. The normalized spacial score (nSPS) is 11.9. The van der Waals surface area contributed by atoms with Crippen molar-refractivity contribution in [2.24, 2.45) is 0 Å². The predicted octanol–water partition coefficient (Wildman–Crippen LogP) is 3.92. The molecule has 0 spiro atoms. The molecule has 0 aliphatic heterocycles. The summed E-state index contributed by atoms with van der Waals surface area (Å²) in [6, 6.07) is 16.8. The van der Waals surface area contributed by atoms with Crippen molar-refractivity contribution in [1.29, 1.82) is 0 Å². The number of ether oxygens (including phenoxy) is 1. The summed E-state index contributed by atoms with van der Waals surface area (Å²) in [5.41, 5.74) is 2.06. The molecule has 0 radical (unpaired) electrons. The van der Waals surface area contributed by atoms with E-state index >= 15 is 0 Å². The largest absolute Gasteiger partial charge is 0.497 e. The molecule has 4 aromatic rings. The molecule has 1 atom stereocenters. The lowest BCUT2D eigenvalue weighted by Crippen LogP contribution is -2.33. The van der Waals surface area contributed by atoms with E-state index in [4.69, 9.17) is 4.74 Å². The summed E-state index contributed by atoms with van der Waals surface area (Å²) in [6.07, 6.45) is 1.34. The van der Waals surface area contributed by atoms with Crippen LogP contribution < -0.4 is 15.6 Å². The van der Waals surface area contributed by atoms with Crippen molar-refractivity contribution < 1.29 is 9.53 Å². The summed E-state index contributed by atoms with van der Waals surface area (Å²) in [5, 5.41) is 4.73. The van der Waals surface area contributed by atoms with E-state index in [-0.39, 0.29) is 11.6 Å². The SMILES string of the molecule is COc1cccc(-c2csc3ncc(C(=O)N[C@@H](C)c4ccccc4)c(=O)n23)c1. The van der Waals surface area contributed by atoms with E-state index in [0.29, 0.717) is 16.4 Å². The minimum Gasteiger partial charge on any atom is -0.497 e. The summed E-state index contributed by atoms with van der Waals surface area (Å²) in [7, 11) is 1.59. The standard InChI is InChI=1S/C22H19N3O3S/c1-14(15-7-4-3-5-8-15)24-20(26)18-12-23-22-25(21(18)27)19(13-29-22)16-9-6-10-17(11-16)28-2/h3-14H,1-2H3,(H,24,26)/t14-/m0/s1. The van der Waals surface area contributed by atoms with Gasteiger partial charge in [-0.2, -0.15) is 0 Å². The van der Waals surface area contributed by atoms with Crippen LogP contribution in [0.25, 0.3) is 16.2 Å². The van der Waals surface area contributed by atoms with E-state index < -0.39 is 11.5 Å².